The van der Waals surface area contributed by atoms with E-state index >= 15 is 0 Å². The van der Waals surface area contributed by atoms with E-state index in [0.717, 1.165) is 24.3 Å². The molecule has 130 valence electrons. The molecule has 0 aromatic heterocycles. The quantitative estimate of drug-likeness (QED) is 0.821. The van der Waals surface area contributed by atoms with Gasteiger partial charge in [0.15, 0.2) is 0 Å². The number of aromatic carboxylic acids is 1. The van der Waals surface area contributed by atoms with Crippen molar-refractivity contribution >= 4 is 23.3 Å². The van der Waals surface area contributed by atoms with Gasteiger partial charge in [-0.15, -0.1) is 0 Å². The maximum absolute atomic E-state index is 11.1. The molecule has 2 rings (SSSR count). The molecule has 0 saturated carbocycles. The highest BCUT2D eigenvalue weighted by Crippen LogP contribution is 2.20. The molecule has 0 aliphatic heterocycles. The minimum absolute atomic E-state index is 0.230. The van der Waals surface area contributed by atoms with Crippen LogP contribution >= 0.6 is 11.6 Å². The van der Waals surface area contributed by atoms with Gasteiger partial charge in [0.05, 0.1) is 16.8 Å². The van der Waals surface area contributed by atoms with Crippen LogP contribution in [0.2, 0.25) is 5.02 Å². The second-order valence-electron chi connectivity index (χ2n) is 5.90. The Bertz CT molecular complexity index is 801. The van der Waals surface area contributed by atoms with Gasteiger partial charge in [0.2, 0.25) is 0 Å². The lowest BCUT2D eigenvalue weighted by molar-refractivity contribution is 0.0696. The predicted molar refractivity (Wildman–Crippen MR) is 99.2 cm³/mol. The summed E-state index contributed by atoms with van der Waals surface area (Å²) in [6.07, 6.45) is 0. The minimum atomic E-state index is -0.964. The number of anilines is 1. The van der Waals surface area contributed by atoms with Gasteiger partial charge < -0.3 is 14.9 Å². The van der Waals surface area contributed by atoms with Crippen molar-refractivity contribution < 1.29 is 9.90 Å². The largest absolute Gasteiger partial charge is 0.478 e. The first-order chi connectivity index (χ1) is 11.9. The van der Waals surface area contributed by atoms with Gasteiger partial charge in [-0.1, -0.05) is 23.7 Å². The van der Waals surface area contributed by atoms with Crippen molar-refractivity contribution in [3.63, 3.8) is 0 Å². The summed E-state index contributed by atoms with van der Waals surface area (Å²) in [4.78, 5) is 15.2. The third kappa shape index (κ3) is 4.96. The van der Waals surface area contributed by atoms with Crippen molar-refractivity contribution in [2.24, 2.45) is 0 Å². The predicted octanol–water partition coefficient (Wildman–Crippen LogP) is 3.48. The fourth-order valence-electron chi connectivity index (χ4n) is 2.54. The molecule has 0 fully saturated rings. The zero-order chi connectivity index (χ0) is 18.4. The first kappa shape index (κ1) is 18.8. The van der Waals surface area contributed by atoms with Crippen LogP contribution in [0.5, 0.6) is 0 Å². The van der Waals surface area contributed by atoms with Crippen molar-refractivity contribution in [3.05, 3.63) is 64.2 Å². The highest BCUT2D eigenvalue weighted by atomic mass is 35.5. The smallest absolute Gasteiger partial charge is 0.335 e. The van der Waals surface area contributed by atoms with Gasteiger partial charge in [0.1, 0.15) is 6.07 Å². The van der Waals surface area contributed by atoms with Crippen molar-refractivity contribution in [3.8, 4) is 6.07 Å². The van der Waals surface area contributed by atoms with Gasteiger partial charge in [-0.05, 0) is 42.9 Å². The molecule has 5 nitrogen and oxygen atoms in total. The maximum atomic E-state index is 11.1. The van der Waals surface area contributed by atoms with E-state index in [9.17, 15) is 10.1 Å². The number of hydrogen-bond acceptors (Lipinski definition) is 4. The van der Waals surface area contributed by atoms with Gasteiger partial charge in [0, 0.05) is 31.7 Å². The zero-order valence-electron chi connectivity index (χ0n) is 14.2. The first-order valence-corrected chi connectivity index (χ1v) is 8.20. The van der Waals surface area contributed by atoms with Crippen LogP contribution in [0.3, 0.4) is 0 Å². The number of carboxylic acids is 1. The highest BCUT2D eigenvalue weighted by Gasteiger charge is 2.11. The molecule has 0 radical (unpaired) electrons. The summed E-state index contributed by atoms with van der Waals surface area (Å²) < 4.78 is 0. The van der Waals surface area contributed by atoms with Gasteiger partial charge >= 0.3 is 5.97 Å². The second kappa shape index (κ2) is 8.52. The number of hydrogen-bond donors (Lipinski definition) is 1. The number of benzene rings is 2. The zero-order valence-corrected chi connectivity index (χ0v) is 15.0. The van der Waals surface area contributed by atoms with Crippen LogP contribution in [0.25, 0.3) is 0 Å². The van der Waals surface area contributed by atoms with Crippen molar-refractivity contribution in [1.82, 2.24) is 4.90 Å². The van der Waals surface area contributed by atoms with E-state index in [1.54, 1.807) is 18.2 Å². The van der Waals surface area contributed by atoms with E-state index in [1.165, 1.54) is 6.07 Å². The summed E-state index contributed by atoms with van der Waals surface area (Å²) in [5.41, 5.74) is 2.55. The lowest BCUT2D eigenvalue weighted by atomic mass is 10.1. The van der Waals surface area contributed by atoms with Crippen LogP contribution in [0.15, 0.2) is 42.5 Å². The lowest BCUT2D eigenvalue weighted by Gasteiger charge is -2.24. The first-order valence-electron chi connectivity index (χ1n) is 7.83. The molecule has 0 atom stereocenters. The fraction of sp³-hybridized carbons (Fsp3) is 0.263. The lowest BCUT2D eigenvalue weighted by Crippen LogP contribution is -2.31. The normalized spacial score (nSPS) is 10.5. The van der Waals surface area contributed by atoms with Crippen LogP contribution in [-0.2, 0) is 6.54 Å². The van der Waals surface area contributed by atoms with Crippen molar-refractivity contribution in [2.45, 2.75) is 6.54 Å². The SMILES string of the molecule is CN(CCN(C)c1ccccc1C#N)Cc1cc(C(=O)O)ccc1Cl. The van der Waals surface area contributed by atoms with E-state index in [1.807, 2.05) is 37.2 Å². The third-order valence-corrected chi connectivity index (χ3v) is 4.35. The Hall–Kier alpha value is -2.55. The molecule has 0 unspecified atom stereocenters. The molecule has 25 heavy (non-hydrogen) atoms. The van der Waals surface area contributed by atoms with Gasteiger partial charge in [0.25, 0.3) is 0 Å². The van der Waals surface area contributed by atoms with Crippen molar-refractivity contribution in [1.29, 1.82) is 5.26 Å². The Kier molecular flexibility index (Phi) is 6.40. The number of halogens is 1. The Morgan fingerprint density at radius 2 is 1.92 bits per heavy atom. The molecule has 0 bridgehead atoms. The van der Waals surface area contributed by atoms with E-state index in [4.69, 9.17) is 16.7 Å². The molecule has 2 aromatic rings. The molecule has 0 aliphatic rings. The standard InChI is InChI=1S/C19H20ClN3O2/c1-22(13-16-11-14(19(24)25)7-8-17(16)20)9-10-23(2)18-6-4-3-5-15(18)12-21/h3-8,11H,9-10,13H2,1-2H3,(H,24,25). The molecule has 6 heteroatoms. The van der Waals surface area contributed by atoms with Gasteiger partial charge in [-0.25, -0.2) is 4.79 Å². The number of carboxylic acid groups (broad SMARTS) is 1. The van der Waals surface area contributed by atoms with Gasteiger partial charge in [-0.2, -0.15) is 5.26 Å². The average Bonchev–Trinajstić information content (AvgIpc) is 2.61. The molecule has 0 heterocycles. The molecule has 0 aliphatic carbocycles. The summed E-state index contributed by atoms with van der Waals surface area (Å²) in [5, 5.41) is 18.8. The van der Waals surface area contributed by atoms with Crippen LogP contribution in [-0.4, -0.2) is 43.2 Å². The van der Waals surface area contributed by atoms with E-state index in [-0.39, 0.29) is 5.56 Å². The Morgan fingerprint density at radius 3 is 2.60 bits per heavy atom. The molecule has 0 saturated heterocycles. The molecular formula is C19H20ClN3O2. The number of para-hydroxylation sites is 1. The third-order valence-electron chi connectivity index (χ3n) is 3.99. The highest BCUT2D eigenvalue weighted by molar-refractivity contribution is 6.31. The number of carbonyl (C=O) groups is 1. The van der Waals surface area contributed by atoms with E-state index < -0.39 is 5.97 Å². The topological polar surface area (TPSA) is 67.6 Å². The summed E-state index contributed by atoms with van der Waals surface area (Å²) in [5.74, 6) is -0.964. The molecule has 2 aromatic carbocycles. The average molecular weight is 358 g/mol. The Balaban J connectivity index is 1.99. The fourth-order valence-corrected chi connectivity index (χ4v) is 2.72. The number of nitrogens with zero attached hydrogens (tertiary/aromatic N) is 3. The van der Waals surface area contributed by atoms with Crippen LogP contribution < -0.4 is 4.90 Å². The molecule has 0 amide bonds. The number of nitriles is 1. The summed E-state index contributed by atoms with van der Waals surface area (Å²) >= 11 is 6.18. The molecular weight excluding hydrogens is 338 g/mol. The maximum Gasteiger partial charge on any atom is 0.335 e. The van der Waals surface area contributed by atoms with Crippen molar-refractivity contribution in [2.75, 3.05) is 32.1 Å². The Morgan fingerprint density at radius 1 is 1.20 bits per heavy atom. The minimum Gasteiger partial charge on any atom is -0.478 e. The van der Waals surface area contributed by atoms with Gasteiger partial charge in [-0.3, -0.25) is 0 Å². The number of likely N-dealkylation sites (N-methyl/N-ethyl adjacent to an activating group) is 2. The van der Waals surface area contributed by atoms with E-state index in [0.29, 0.717) is 17.1 Å². The second-order valence-corrected chi connectivity index (χ2v) is 6.31. The monoisotopic (exact) mass is 357 g/mol. The summed E-state index contributed by atoms with van der Waals surface area (Å²) in [6.45, 7) is 2.02. The van der Waals surface area contributed by atoms with E-state index in [2.05, 4.69) is 11.0 Å². The molecule has 0 spiro atoms. The van der Waals surface area contributed by atoms with Crippen LogP contribution in [0.1, 0.15) is 21.5 Å². The van der Waals surface area contributed by atoms with Crippen LogP contribution in [0, 0.1) is 11.3 Å². The number of rotatable bonds is 7. The molecule has 1 N–H and O–H groups in total. The summed E-state index contributed by atoms with van der Waals surface area (Å²) in [7, 11) is 3.90. The summed E-state index contributed by atoms with van der Waals surface area (Å²) in [6, 6.07) is 14.4. The Labute approximate surface area is 152 Å². The van der Waals surface area contributed by atoms with Crippen LogP contribution in [0.4, 0.5) is 5.69 Å².